The van der Waals surface area contributed by atoms with E-state index in [0.29, 0.717) is 0 Å². The van der Waals surface area contributed by atoms with E-state index >= 15 is 0 Å². The number of aromatic nitrogens is 4. The number of nitrogens with one attached hydrogen (secondary N) is 2. The summed E-state index contributed by atoms with van der Waals surface area (Å²) in [5, 5.41) is 12.5. The van der Waals surface area contributed by atoms with Crippen LogP contribution in [0.25, 0.3) is 66.1 Å². The molecule has 0 saturated carbocycles. The summed E-state index contributed by atoms with van der Waals surface area (Å²) in [6.45, 7) is 5.00. The first-order valence-corrected chi connectivity index (χ1v) is 22.2. The number of hydrogen-bond acceptors (Lipinski definition) is 4. The summed E-state index contributed by atoms with van der Waals surface area (Å²) in [7, 11) is 0. The van der Waals surface area contributed by atoms with Crippen molar-refractivity contribution in [3.8, 4) is 22.5 Å². The van der Waals surface area contributed by atoms with Crippen molar-refractivity contribution >= 4 is 43.6 Å². The highest BCUT2D eigenvalue weighted by Crippen LogP contribution is 2.38. The van der Waals surface area contributed by atoms with Crippen molar-refractivity contribution in [2.45, 2.75) is 51.9 Å². The molecule has 10 rings (SSSR count). The first-order chi connectivity index (χ1) is 30.8. The summed E-state index contributed by atoms with van der Waals surface area (Å²) in [6, 6.07) is 65.0. The first kappa shape index (κ1) is 39.3. The van der Waals surface area contributed by atoms with Crippen molar-refractivity contribution in [2.24, 2.45) is 0 Å². The molecule has 62 heavy (non-hydrogen) atoms. The number of unbranched alkanes of at least 4 members (excludes halogenated alkanes) is 3. The van der Waals surface area contributed by atoms with Crippen LogP contribution in [0.4, 0.5) is 0 Å². The number of hydrogen-bond donors (Lipinski definition) is 2. The monoisotopic (exact) mass is 808 g/mol. The van der Waals surface area contributed by atoms with Crippen molar-refractivity contribution in [1.29, 1.82) is 0 Å². The minimum atomic E-state index is 0.739. The molecule has 0 spiro atoms. The van der Waals surface area contributed by atoms with E-state index in [2.05, 4.69) is 202 Å². The zero-order valence-electron chi connectivity index (χ0n) is 35.2. The molecule has 0 aliphatic carbocycles. The molecule has 0 atom stereocenters. The Morgan fingerprint density at radius 2 is 0.742 bits per heavy atom. The fourth-order valence-corrected chi connectivity index (χ4v) is 9.18. The van der Waals surface area contributed by atoms with Crippen molar-refractivity contribution < 1.29 is 0 Å². The Hall–Kier alpha value is -6.86. The van der Waals surface area contributed by atoms with E-state index in [1.165, 1.54) is 67.6 Å². The van der Waals surface area contributed by atoms with Gasteiger partial charge in [-0.1, -0.05) is 171 Å². The summed E-state index contributed by atoms with van der Waals surface area (Å²) in [4.78, 5) is 10.7. The Morgan fingerprint density at radius 3 is 1.16 bits per heavy atom. The molecule has 0 unspecified atom stereocenters. The molecule has 0 aliphatic heterocycles. The molecule has 0 amide bonds. The van der Waals surface area contributed by atoms with Gasteiger partial charge in [0.1, 0.15) is 0 Å². The fourth-order valence-electron chi connectivity index (χ4n) is 9.18. The predicted molar refractivity (Wildman–Crippen MR) is 258 cm³/mol. The van der Waals surface area contributed by atoms with E-state index in [1.807, 2.05) is 0 Å². The maximum Gasteiger partial charge on any atom is 0.0949 e. The minimum absolute atomic E-state index is 0.739. The highest BCUT2D eigenvalue weighted by Gasteiger charge is 2.20. The van der Waals surface area contributed by atoms with Crippen LogP contribution in [0.3, 0.4) is 0 Å². The molecule has 0 fully saturated rings. The fraction of sp³-hybridized carbons (Fsp3) is 0.179. The van der Waals surface area contributed by atoms with Gasteiger partial charge in [0.15, 0.2) is 0 Å². The molecule has 4 heterocycles. The maximum atomic E-state index is 5.34. The van der Waals surface area contributed by atoms with Gasteiger partial charge in [0.05, 0.1) is 33.8 Å². The largest absolute Gasteiger partial charge is 0.334 e. The third-order valence-electron chi connectivity index (χ3n) is 12.1. The molecule has 0 radical (unpaired) electrons. The van der Waals surface area contributed by atoms with Crippen molar-refractivity contribution in [3.05, 3.63) is 205 Å². The summed E-state index contributed by atoms with van der Waals surface area (Å²) in [6.07, 6.45) is 4.64. The maximum absolute atomic E-state index is 5.34. The van der Waals surface area contributed by atoms with E-state index < -0.39 is 0 Å². The molecule has 6 aromatic carbocycles. The van der Waals surface area contributed by atoms with Crippen LogP contribution in [0.15, 0.2) is 182 Å². The Morgan fingerprint density at radius 1 is 0.371 bits per heavy atom. The van der Waals surface area contributed by atoms with E-state index in [-0.39, 0.29) is 0 Å². The third kappa shape index (κ3) is 8.27. The number of benzene rings is 6. The van der Waals surface area contributed by atoms with Gasteiger partial charge in [-0.05, 0) is 61.3 Å². The quantitative estimate of drug-likeness (QED) is 0.0900. The second-order valence-corrected chi connectivity index (χ2v) is 16.4. The van der Waals surface area contributed by atoms with Crippen LogP contribution in [0.1, 0.15) is 48.2 Å². The van der Waals surface area contributed by atoms with Crippen LogP contribution in [0.2, 0.25) is 0 Å². The first-order valence-electron chi connectivity index (χ1n) is 22.2. The van der Waals surface area contributed by atoms with Crippen LogP contribution in [0, 0.1) is 0 Å². The highest BCUT2D eigenvalue weighted by atomic mass is 15.0. The molecule has 0 bridgehead atoms. The average Bonchev–Trinajstić information content (AvgIpc) is 3.82. The van der Waals surface area contributed by atoms with Gasteiger partial charge in [-0.2, -0.15) is 0 Å². The van der Waals surface area contributed by atoms with Crippen LogP contribution < -0.4 is 10.6 Å². The number of rotatable bonds is 17. The molecular formula is C56H52N6. The van der Waals surface area contributed by atoms with Gasteiger partial charge in [-0.15, -0.1) is 0 Å². The smallest absolute Gasteiger partial charge is 0.0949 e. The van der Waals surface area contributed by atoms with Crippen LogP contribution >= 0.6 is 0 Å². The molecule has 2 N–H and O–H groups in total. The molecule has 306 valence electrons. The molecular weight excluding hydrogens is 757 g/mol. The lowest BCUT2D eigenvalue weighted by molar-refractivity contribution is 0.559. The SMILES string of the molecule is c1ccc(Cn2c3ccccc3c3cc(CNCCCCCCNCc4cc5c6ccccc6n(Cc6ccccc6)c5c(-c5ccccc5)n4)nc(-c4ccccc4)c32)cc1. The summed E-state index contributed by atoms with van der Waals surface area (Å²) in [5.41, 5.74) is 13.9. The van der Waals surface area contributed by atoms with Crippen molar-refractivity contribution in [1.82, 2.24) is 29.7 Å². The van der Waals surface area contributed by atoms with Gasteiger partial charge < -0.3 is 19.8 Å². The number of fused-ring (bicyclic) bond motifs is 6. The molecule has 6 nitrogen and oxygen atoms in total. The topological polar surface area (TPSA) is 59.7 Å². The normalized spacial score (nSPS) is 11.7. The number of nitrogens with zero attached hydrogens (tertiary/aromatic N) is 4. The zero-order chi connectivity index (χ0) is 41.5. The summed E-state index contributed by atoms with van der Waals surface area (Å²) < 4.78 is 4.90. The highest BCUT2D eigenvalue weighted by molar-refractivity contribution is 6.13. The number of pyridine rings is 2. The standard InChI is InChI=1S/C56H52N6/c1(19-33-57-37-45-35-49-47-29-15-17-31-51(47)61(39-41-21-7-3-8-22-41)55(49)53(59-45)43-25-11-5-12-26-43)2-20-34-58-38-46-36-50-48-30-16-18-32-52(48)62(40-42-23-9-4-10-24-42)56(50)54(60-46)44-27-13-6-14-28-44/h3-18,21-32,35-36,57-58H,1-2,19-20,33-34,37-40H2. The lowest BCUT2D eigenvalue weighted by Crippen LogP contribution is -2.17. The van der Waals surface area contributed by atoms with Crippen molar-refractivity contribution in [2.75, 3.05) is 13.1 Å². The Balaban J connectivity index is 0.776. The van der Waals surface area contributed by atoms with Gasteiger partial charge >= 0.3 is 0 Å². The lowest BCUT2D eigenvalue weighted by atomic mass is 10.1. The second kappa shape index (κ2) is 18.4. The lowest BCUT2D eigenvalue weighted by Gasteiger charge is -2.13. The minimum Gasteiger partial charge on any atom is -0.334 e. The average molecular weight is 809 g/mol. The van der Waals surface area contributed by atoms with Crippen molar-refractivity contribution in [3.63, 3.8) is 0 Å². The van der Waals surface area contributed by atoms with E-state index in [1.54, 1.807) is 0 Å². The molecule has 0 saturated heterocycles. The van der Waals surface area contributed by atoms with E-state index in [0.717, 1.165) is 86.0 Å². The molecule has 4 aromatic heterocycles. The van der Waals surface area contributed by atoms with Crippen LogP contribution in [0.5, 0.6) is 0 Å². The molecule has 6 heteroatoms. The Bertz CT molecular complexity index is 2850. The predicted octanol–water partition coefficient (Wildman–Crippen LogP) is 12.6. The van der Waals surface area contributed by atoms with Crippen LogP contribution in [-0.2, 0) is 26.2 Å². The van der Waals surface area contributed by atoms with E-state index in [4.69, 9.17) is 9.97 Å². The van der Waals surface area contributed by atoms with Gasteiger partial charge in [0.2, 0.25) is 0 Å². The zero-order valence-corrected chi connectivity index (χ0v) is 35.2. The Labute approximate surface area is 363 Å². The van der Waals surface area contributed by atoms with Gasteiger partial charge in [-0.25, -0.2) is 9.97 Å². The molecule has 0 aliphatic rings. The Kier molecular flexibility index (Phi) is 11.7. The number of para-hydroxylation sites is 2. The summed E-state index contributed by atoms with van der Waals surface area (Å²) >= 11 is 0. The van der Waals surface area contributed by atoms with Gasteiger partial charge in [-0.3, -0.25) is 0 Å². The van der Waals surface area contributed by atoms with Gasteiger partial charge in [0, 0.05) is 69.9 Å². The third-order valence-corrected chi connectivity index (χ3v) is 12.1. The summed E-state index contributed by atoms with van der Waals surface area (Å²) in [5.74, 6) is 0. The van der Waals surface area contributed by atoms with E-state index in [9.17, 15) is 0 Å². The van der Waals surface area contributed by atoms with Crippen LogP contribution in [-0.4, -0.2) is 32.2 Å². The molecule has 10 aromatic rings. The van der Waals surface area contributed by atoms with Gasteiger partial charge in [0.25, 0.3) is 0 Å². The second-order valence-electron chi connectivity index (χ2n) is 16.4.